The summed E-state index contributed by atoms with van der Waals surface area (Å²) in [7, 11) is 1.62. The fourth-order valence-electron chi connectivity index (χ4n) is 3.19. The van der Waals surface area contributed by atoms with Crippen LogP contribution in [0.3, 0.4) is 0 Å². The van der Waals surface area contributed by atoms with Crippen LogP contribution in [0.2, 0.25) is 0 Å². The molecule has 1 aromatic carbocycles. The van der Waals surface area contributed by atoms with Gasteiger partial charge in [0.05, 0.1) is 13.0 Å². The summed E-state index contributed by atoms with van der Waals surface area (Å²) in [5.41, 5.74) is 0.384. The predicted molar refractivity (Wildman–Crippen MR) is 87.4 cm³/mol. The van der Waals surface area contributed by atoms with Crippen molar-refractivity contribution in [1.82, 2.24) is 4.90 Å². The van der Waals surface area contributed by atoms with Gasteiger partial charge in [-0.2, -0.15) is 0 Å². The summed E-state index contributed by atoms with van der Waals surface area (Å²) in [4.78, 5) is 25.8. The zero-order chi connectivity index (χ0) is 17.0. The van der Waals surface area contributed by atoms with Gasteiger partial charge in [0, 0.05) is 18.5 Å². The molecule has 1 atom stereocenters. The van der Waals surface area contributed by atoms with Crippen molar-refractivity contribution >= 4 is 11.9 Å². The molecule has 0 unspecified atom stereocenters. The lowest BCUT2D eigenvalue weighted by molar-refractivity contribution is -0.148. The zero-order valence-corrected chi connectivity index (χ0v) is 14.0. The van der Waals surface area contributed by atoms with E-state index >= 15 is 0 Å². The first-order valence-corrected chi connectivity index (χ1v) is 7.99. The Bertz CT molecular complexity index is 582. The molecule has 1 amide bonds. The maximum absolute atomic E-state index is 12.9. The van der Waals surface area contributed by atoms with Gasteiger partial charge >= 0.3 is 5.97 Å². The van der Waals surface area contributed by atoms with Crippen molar-refractivity contribution in [2.75, 3.05) is 20.2 Å². The monoisotopic (exact) mass is 319 g/mol. The molecule has 23 heavy (non-hydrogen) atoms. The maximum Gasteiger partial charge on any atom is 0.308 e. The lowest BCUT2D eigenvalue weighted by Gasteiger charge is -2.36. The van der Waals surface area contributed by atoms with Crippen molar-refractivity contribution < 1.29 is 19.4 Å². The second-order valence-corrected chi connectivity index (χ2v) is 6.80. The Morgan fingerprint density at radius 1 is 1.35 bits per heavy atom. The van der Waals surface area contributed by atoms with E-state index in [4.69, 9.17) is 4.74 Å². The number of rotatable bonds is 5. The highest BCUT2D eigenvalue weighted by Crippen LogP contribution is 2.31. The van der Waals surface area contributed by atoms with Gasteiger partial charge in [-0.3, -0.25) is 9.59 Å². The van der Waals surface area contributed by atoms with Crippen LogP contribution in [-0.4, -0.2) is 42.1 Å². The van der Waals surface area contributed by atoms with Crippen molar-refractivity contribution in [2.45, 2.75) is 33.1 Å². The van der Waals surface area contributed by atoms with Gasteiger partial charge in [-0.05, 0) is 30.9 Å². The Morgan fingerprint density at radius 2 is 2.04 bits per heavy atom. The number of benzene rings is 1. The molecule has 1 saturated heterocycles. The van der Waals surface area contributed by atoms with Crippen LogP contribution in [0.5, 0.6) is 5.75 Å². The van der Waals surface area contributed by atoms with Crippen LogP contribution < -0.4 is 4.74 Å². The van der Waals surface area contributed by atoms with E-state index in [1.807, 2.05) is 38.1 Å². The normalized spacial score (nSPS) is 18.6. The Hall–Kier alpha value is -2.04. The van der Waals surface area contributed by atoms with Crippen molar-refractivity contribution in [1.29, 1.82) is 0 Å². The summed E-state index contributed by atoms with van der Waals surface area (Å²) in [5, 5.41) is 9.19. The molecule has 0 saturated carbocycles. The topological polar surface area (TPSA) is 66.8 Å². The Kier molecular flexibility index (Phi) is 5.29. The number of piperidine rings is 1. The average molecular weight is 319 g/mol. The van der Waals surface area contributed by atoms with E-state index < -0.39 is 17.3 Å². The number of methoxy groups -OCH3 is 1. The third-order valence-electron chi connectivity index (χ3n) is 4.46. The molecule has 0 bridgehead atoms. The minimum Gasteiger partial charge on any atom is -0.496 e. The van der Waals surface area contributed by atoms with E-state index in [1.54, 1.807) is 12.0 Å². The third-order valence-corrected chi connectivity index (χ3v) is 4.46. The summed E-state index contributed by atoms with van der Waals surface area (Å²) in [6, 6.07) is 7.68. The largest absolute Gasteiger partial charge is 0.496 e. The molecule has 2 rings (SSSR count). The number of amides is 1. The Balaban J connectivity index is 2.12. The molecule has 1 aliphatic rings. The van der Waals surface area contributed by atoms with Gasteiger partial charge in [0.25, 0.3) is 0 Å². The second-order valence-electron chi connectivity index (χ2n) is 6.80. The highest BCUT2D eigenvalue weighted by Gasteiger charge is 2.36. The molecule has 1 aromatic rings. The van der Waals surface area contributed by atoms with Crippen molar-refractivity contribution in [2.24, 2.45) is 11.3 Å². The molecule has 5 heteroatoms. The average Bonchev–Trinajstić information content (AvgIpc) is 2.54. The number of likely N-dealkylation sites (tertiary alicyclic amines) is 1. The number of hydrogen-bond acceptors (Lipinski definition) is 3. The number of hydrogen-bond donors (Lipinski definition) is 1. The van der Waals surface area contributed by atoms with E-state index in [-0.39, 0.29) is 5.91 Å². The van der Waals surface area contributed by atoms with E-state index in [0.29, 0.717) is 25.9 Å². The van der Waals surface area contributed by atoms with Crippen molar-refractivity contribution in [3.63, 3.8) is 0 Å². The lowest BCUT2D eigenvalue weighted by Crippen LogP contribution is -2.48. The van der Waals surface area contributed by atoms with Gasteiger partial charge in [-0.25, -0.2) is 0 Å². The summed E-state index contributed by atoms with van der Waals surface area (Å²) in [6.07, 6.45) is 1.95. The number of carboxylic acid groups (broad SMARTS) is 1. The minimum atomic E-state index is -0.815. The fraction of sp³-hybridized carbons (Fsp3) is 0.556. The molecule has 0 radical (unpaired) electrons. The van der Waals surface area contributed by atoms with Gasteiger partial charge in [-0.15, -0.1) is 0 Å². The Labute approximate surface area is 137 Å². The third kappa shape index (κ3) is 4.03. The maximum atomic E-state index is 12.9. The van der Waals surface area contributed by atoms with Crippen molar-refractivity contribution in [3.05, 3.63) is 29.8 Å². The van der Waals surface area contributed by atoms with Crippen LogP contribution in [0.1, 0.15) is 32.3 Å². The van der Waals surface area contributed by atoms with E-state index in [0.717, 1.165) is 17.7 Å². The number of aliphatic carboxylic acids is 1. The molecule has 1 fully saturated rings. The summed E-state index contributed by atoms with van der Waals surface area (Å²) >= 11 is 0. The smallest absolute Gasteiger partial charge is 0.308 e. The van der Waals surface area contributed by atoms with Gasteiger partial charge in [0.15, 0.2) is 0 Å². The summed E-state index contributed by atoms with van der Waals surface area (Å²) < 4.78 is 5.36. The molecule has 0 spiro atoms. The fourth-order valence-corrected chi connectivity index (χ4v) is 3.19. The lowest BCUT2D eigenvalue weighted by atomic mass is 9.83. The first-order chi connectivity index (χ1) is 10.8. The van der Waals surface area contributed by atoms with Gasteiger partial charge in [0.2, 0.25) is 5.91 Å². The number of carbonyl (C=O) groups is 2. The van der Waals surface area contributed by atoms with E-state index in [9.17, 15) is 14.7 Å². The number of para-hydroxylation sites is 1. The van der Waals surface area contributed by atoms with Crippen LogP contribution in [-0.2, 0) is 16.0 Å². The molecule has 0 aliphatic carbocycles. The van der Waals surface area contributed by atoms with Gasteiger partial charge in [0.1, 0.15) is 5.75 Å². The second kappa shape index (κ2) is 7.02. The summed E-state index contributed by atoms with van der Waals surface area (Å²) in [5.74, 6) is -0.482. The molecule has 1 N–H and O–H groups in total. The molecule has 5 nitrogen and oxygen atoms in total. The van der Waals surface area contributed by atoms with E-state index in [2.05, 4.69) is 0 Å². The summed E-state index contributed by atoms with van der Waals surface area (Å²) in [6.45, 7) is 4.76. The highest BCUT2D eigenvalue weighted by atomic mass is 16.5. The van der Waals surface area contributed by atoms with Crippen LogP contribution in [0, 0.1) is 11.3 Å². The molecule has 1 heterocycles. The minimum absolute atomic E-state index is 0.00866. The van der Waals surface area contributed by atoms with Crippen molar-refractivity contribution in [3.8, 4) is 5.75 Å². The van der Waals surface area contributed by atoms with Crippen LogP contribution >= 0.6 is 0 Å². The SMILES string of the molecule is COc1ccccc1CC(C)(C)C(=O)N1CCC[C@H](C(=O)O)C1. The molecule has 0 aromatic heterocycles. The quantitative estimate of drug-likeness (QED) is 0.906. The first-order valence-electron chi connectivity index (χ1n) is 7.99. The molecule has 126 valence electrons. The highest BCUT2D eigenvalue weighted by molar-refractivity contribution is 5.83. The number of carboxylic acids is 1. The number of ether oxygens (including phenoxy) is 1. The molecule has 1 aliphatic heterocycles. The number of nitrogens with zero attached hydrogens (tertiary/aromatic N) is 1. The van der Waals surface area contributed by atoms with E-state index in [1.165, 1.54) is 0 Å². The first kappa shape index (κ1) is 17.3. The molecular formula is C18H25NO4. The van der Waals surface area contributed by atoms with Gasteiger partial charge in [-0.1, -0.05) is 32.0 Å². The Morgan fingerprint density at radius 3 is 2.70 bits per heavy atom. The standard InChI is InChI=1S/C18H25NO4/c1-18(2,11-13-7-4-5-9-15(13)23-3)17(22)19-10-6-8-14(12-19)16(20)21/h4-5,7,9,14H,6,8,10-12H2,1-3H3,(H,20,21)/t14-/m0/s1. The molecular weight excluding hydrogens is 294 g/mol. The van der Waals surface area contributed by atoms with Crippen LogP contribution in [0.15, 0.2) is 24.3 Å². The predicted octanol–water partition coefficient (Wildman–Crippen LogP) is 2.59. The van der Waals surface area contributed by atoms with Crippen LogP contribution in [0.25, 0.3) is 0 Å². The zero-order valence-electron chi connectivity index (χ0n) is 14.0. The van der Waals surface area contributed by atoms with Gasteiger partial charge < -0.3 is 14.7 Å². The van der Waals surface area contributed by atoms with Crippen LogP contribution in [0.4, 0.5) is 0 Å². The number of carbonyl (C=O) groups excluding carboxylic acids is 1.